The van der Waals surface area contributed by atoms with Gasteiger partial charge >= 0.3 is 6.18 Å². The number of aromatic nitrogens is 2. The van der Waals surface area contributed by atoms with Crippen LogP contribution in [0.15, 0.2) is 42.5 Å². The van der Waals surface area contributed by atoms with E-state index in [2.05, 4.69) is 20.6 Å². The van der Waals surface area contributed by atoms with Gasteiger partial charge in [-0.25, -0.2) is 4.98 Å². The van der Waals surface area contributed by atoms with Crippen LogP contribution in [0.2, 0.25) is 0 Å². The van der Waals surface area contributed by atoms with Crippen LogP contribution in [0.3, 0.4) is 0 Å². The number of hydrogen-bond acceptors (Lipinski definition) is 5. The molecule has 0 aliphatic carbocycles. The molecule has 28 heavy (non-hydrogen) atoms. The molecule has 0 radical (unpaired) electrons. The predicted molar refractivity (Wildman–Crippen MR) is 95.9 cm³/mol. The van der Waals surface area contributed by atoms with Crippen molar-refractivity contribution in [2.75, 3.05) is 10.6 Å². The van der Waals surface area contributed by atoms with E-state index in [-0.39, 0.29) is 11.6 Å². The zero-order chi connectivity index (χ0) is 20.5. The minimum atomic E-state index is -4.71. The first kappa shape index (κ1) is 19.1. The van der Waals surface area contributed by atoms with Crippen LogP contribution in [0, 0.1) is 10.1 Å². The third-order valence-electron chi connectivity index (χ3n) is 3.92. The first-order valence-corrected chi connectivity index (χ1v) is 8.03. The van der Waals surface area contributed by atoms with Crippen LogP contribution in [0.4, 0.5) is 30.5 Å². The lowest BCUT2D eigenvalue weighted by atomic mass is 10.1. The third kappa shape index (κ3) is 4.03. The molecular formula is C17H14F3N5O3. The number of aromatic amines is 1. The molecule has 1 atom stereocenters. The molecule has 1 aromatic heterocycles. The van der Waals surface area contributed by atoms with Crippen molar-refractivity contribution in [3.05, 3.63) is 58.1 Å². The Kier molecular flexibility index (Phi) is 4.91. The molecule has 0 saturated carbocycles. The van der Waals surface area contributed by atoms with Gasteiger partial charge in [0.25, 0.3) is 5.69 Å². The Morgan fingerprint density at radius 3 is 2.61 bits per heavy atom. The largest absolute Gasteiger partial charge is 0.416 e. The number of carbonyl (C=O) groups is 1. The van der Waals surface area contributed by atoms with Crippen molar-refractivity contribution in [2.24, 2.45) is 0 Å². The van der Waals surface area contributed by atoms with Crippen LogP contribution in [0.25, 0.3) is 11.0 Å². The van der Waals surface area contributed by atoms with Gasteiger partial charge in [-0.3, -0.25) is 20.2 Å². The number of nitrogens with one attached hydrogen (secondary N) is 3. The molecule has 3 N–H and O–H groups in total. The Morgan fingerprint density at radius 1 is 1.25 bits per heavy atom. The smallest absolute Gasteiger partial charge is 0.368 e. The zero-order valence-corrected chi connectivity index (χ0v) is 14.4. The number of imidazole rings is 1. The van der Waals surface area contributed by atoms with Crippen molar-refractivity contribution in [1.29, 1.82) is 0 Å². The van der Waals surface area contributed by atoms with E-state index in [1.807, 2.05) is 0 Å². The number of anilines is 2. The van der Waals surface area contributed by atoms with Gasteiger partial charge < -0.3 is 10.3 Å². The van der Waals surface area contributed by atoms with E-state index in [0.29, 0.717) is 23.2 Å². The highest BCUT2D eigenvalue weighted by molar-refractivity contribution is 5.96. The van der Waals surface area contributed by atoms with E-state index >= 15 is 0 Å². The van der Waals surface area contributed by atoms with Gasteiger partial charge in [-0.15, -0.1) is 0 Å². The van der Waals surface area contributed by atoms with Crippen molar-refractivity contribution < 1.29 is 22.9 Å². The van der Waals surface area contributed by atoms with Gasteiger partial charge in [0, 0.05) is 6.07 Å². The number of fused-ring (bicyclic) bond motifs is 1. The SMILES string of the molecule is C[C@@H](Nc1ccc(C(F)(F)F)cc1[N+](=O)[O-])C(=O)Nc1nc2ccccc2[nH]1. The second-order valence-electron chi connectivity index (χ2n) is 5.94. The summed E-state index contributed by atoms with van der Waals surface area (Å²) in [5.74, 6) is -0.393. The van der Waals surface area contributed by atoms with Crippen LogP contribution < -0.4 is 10.6 Å². The van der Waals surface area contributed by atoms with E-state index in [1.54, 1.807) is 24.3 Å². The second-order valence-corrected chi connectivity index (χ2v) is 5.94. The number of nitro groups is 1. The van der Waals surface area contributed by atoms with E-state index in [0.717, 1.165) is 6.07 Å². The molecule has 0 bridgehead atoms. The molecule has 2 aromatic carbocycles. The van der Waals surface area contributed by atoms with Crippen molar-refractivity contribution in [3.8, 4) is 0 Å². The highest BCUT2D eigenvalue weighted by Gasteiger charge is 2.33. The number of carbonyl (C=O) groups excluding carboxylic acids is 1. The average Bonchev–Trinajstić information content (AvgIpc) is 3.03. The quantitative estimate of drug-likeness (QED) is 0.449. The lowest BCUT2D eigenvalue weighted by Crippen LogP contribution is -2.32. The summed E-state index contributed by atoms with van der Waals surface area (Å²) >= 11 is 0. The van der Waals surface area contributed by atoms with Crippen LogP contribution in [0.1, 0.15) is 12.5 Å². The third-order valence-corrected chi connectivity index (χ3v) is 3.92. The lowest BCUT2D eigenvalue weighted by molar-refractivity contribution is -0.384. The molecular weight excluding hydrogens is 379 g/mol. The van der Waals surface area contributed by atoms with Gasteiger partial charge in [-0.05, 0) is 31.2 Å². The zero-order valence-electron chi connectivity index (χ0n) is 14.4. The number of rotatable bonds is 5. The monoisotopic (exact) mass is 393 g/mol. The summed E-state index contributed by atoms with van der Waals surface area (Å²) in [6.45, 7) is 1.42. The molecule has 0 unspecified atom stereocenters. The van der Waals surface area contributed by atoms with Crippen LogP contribution in [-0.4, -0.2) is 26.8 Å². The number of hydrogen-bond donors (Lipinski definition) is 3. The standard InChI is InChI=1S/C17H14F3N5O3/c1-9(15(26)24-16-22-11-4-2-3-5-12(11)23-16)21-13-7-6-10(17(18,19)20)8-14(13)25(27)28/h2-9,21H,1H3,(H2,22,23,24,26)/t9-/m1/s1. The topological polar surface area (TPSA) is 113 Å². The lowest BCUT2D eigenvalue weighted by Gasteiger charge is -2.15. The highest BCUT2D eigenvalue weighted by Crippen LogP contribution is 2.35. The summed E-state index contributed by atoms with van der Waals surface area (Å²) in [6, 6.07) is 8.16. The van der Waals surface area contributed by atoms with Gasteiger partial charge in [0.1, 0.15) is 11.7 Å². The molecule has 3 rings (SSSR count). The molecule has 11 heteroatoms. The Bertz CT molecular complexity index is 1010. The predicted octanol–water partition coefficient (Wildman–Crippen LogP) is 3.93. The second kappa shape index (κ2) is 7.18. The fourth-order valence-corrected chi connectivity index (χ4v) is 2.52. The number of alkyl halides is 3. The summed E-state index contributed by atoms with van der Waals surface area (Å²) in [7, 11) is 0. The minimum absolute atomic E-state index is 0.182. The molecule has 0 aliphatic rings. The minimum Gasteiger partial charge on any atom is -0.368 e. The summed E-state index contributed by atoms with van der Waals surface area (Å²) in [5, 5.41) is 16.2. The van der Waals surface area contributed by atoms with E-state index in [9.17, 15) is 28.1 Å². The first-order chi connectivity index (χ1) is 13.1. The maximum absolute atomic E-state index is 12.8. The van der Waals surface area contributed by atoms with E-state index in [1.165, 1.54) is 6.92 Å². The normalized spacial score (nSPS) is 12.6. The molecule has 1 heterocycles. The summed E-state index contributed by atoms with van der Waals surface area (Å²) in [5.41, 5.74) is -0.791. The van der Waals surface area contributed by atoms with Gasteiger partial charge in [-0.2, -0.15) is 13.2 Å². The number of nitro benzene ring substituents is 1. The van der Waals surface area contributed by atoms with E-state index in [4.69, 9.17) is 0 Å². The number of H-pyrrole nitrogens is 1. The number of nitrogens with zero attached hydrogens (tertiary/aromatic N) is 2. The first-order valence-electron chi connectivity index (χ1n) is 8.03. The molecule has 0 spiro atoms. The van der Waals surface area contributed by atoms with Gasteiger partial charge in [0.05, 0.1) is 21.5 Å². The Balaban J connectivity index is 1.76. The number of para-hydroxylation sites is 2. The molecule has 0 fully saturated rings. The van der Waals surface area contributed by atoms with Crippen LogP contribution in [-0.2, 0) is 11.0 Å². The Morgan fingerprint density at radius 2 is 1.96 bits per heavy atom. The van der Waals surface area contributed by atoms with Crippen molar-refractivity contribution in [3.63, 3.8) is 0 Å². The summed E-state index contributed by atoms with van der Waals surface area (Å²) in [6.07, 6.45) is -4.71. The number of halogens is 3. The van der Waals surface area contributed by atoms with Gasteiger partial charge in [0.15, 0.2) is 0 Å². The van der Waals surface area contributed by atoms with Crippen LogP contribution >= 0.6 is 0 Å². The molecule has 0 saturated heterocycles. The molecule has 0 aliphatic heterocycles. The number of benzene rings is 2. The van der Waals surface area contributed by atoms with Crippen molar-refractivity contribution in [1.82, 2.24) is 9.97 Å². The van der Waals surface area contributed by atoms with Crippen molar-refractivity contribution >= 4 is 34.3 Å². The maximum Gasteiger partial charge on any atom is 0.416 e. The van der Waals surface area contributed by atoms with Gasteiger partial charge in [-0.1, -0.05) is 12.1 Å². The fourth-order valence-electron chi connectivity index (χ4n) is 2.52. The molecule has 146 valence electrons. The maximum atomic E-state index is 12.8. The van der Waals surface area contributed by atoms with E-state index < -0.39 is 34.3 Å². The summed E-state index contributed by atoms with van der Waals surface area (Å²) < 4.78 is 38.3. The molecule has 3 aromatic rings. The fraction of sp³-hybridized carbons (Fsp3) is 0.176. The highest BCUT2D eigenvalue weighted by atomic mass is 19.4. The summed E-state index contributed by atoms with van der Waals surface area (Å²) in [4.78, 5) is 29.6. The molecule has 8 nitrogen and oxygen atoms in total. The van der Waals surface area contributed by atoms with Crippen LogP contribution in [0.5, 0.6) is 0 Å². The average molecular weight is 393 g/mol. The Labute approximate surface area is 155 Å². The molecule has 1 amide bonds. The van der Waals surface area contributed by atoms with Gasteiger partial charge in [0.2, 0.25) is 11.9 Å². The Hall–Kier alpha value is -3.63. The van der Waals surface area contributed by atoms with Crippen molar-refractivity contribution in [2.45, 2.75) is 19.1 Å². The number of amides is 1.